The smallest absolute Gasteiger partial charge is 0.0349 e. The molecule has 0 heterocycles. The molecule has 86 valence electrons. The number of hydrogen-bond acceptors (Lipinski definition) is 0. The van der Waals surface area contributed by atoms with E-state index < -0.39 is 0 Å². The van der Waals surface area contributed by atoms with Gasteiger partial charge in [-0.15, -0.1) is 0 Å². The Morgan fingerprint density at radius 3 is 1.94 bits per heavy atom. The van der Waals surface area contributed by atoms with Gasteiger partial charge >= 0.3 is 0 Å². The van der Waals surface area contributed by atoms with E-state index >= 15 is 0 Å². The highest BCUT2D eigenvalue weighted by Crippen LogP contribution is 2.48. The molecule has 0 unspecified atom stereocenters. The topological polar surface area (TPSA) is 0 Å². The van der Waals surface area contributed by atoms with Crippen LogP contribution in [0.2, 0.25) is 0 Å². The summed E-state index contributed by atoms with van der Waals surface area (Å²) in [6.45, 7) is 0. The molecule has 0 heteroatoms. The summed E-state index contributed by atoms with van der Waals surface area (Å²) < 4.78 is 0. The lowest BCUT2D eigenvalue weighted by Gasteiger charge is -2.13. The third kappa shape index (κ3) is 1.26. The Morgan fingerprint density at radius 2 is 1.39 bits per heavy atom. The standard InChI is InChI=1S/C18H14/c1-2-8-13(7-1)18-16-11-5-3-9-14(16)15-10-4-6-12-17(15)18/h1,3-12,18H,2H2. The van der Waals surface area contributed by atoms with E-state index in [1.54, 1.807) is 0 Å². The average molecular weight is 230 g/mol. The van der Waals surface area contributed by atoms with Crippen molar-refractivity contribution >= 4 is 0 Å². The highest BCUT2D eigenvalue weighted by atomic mass is 14.3. The molecule has 2 aliphatic rings. The van der Waals surface area contributed by atoms with Crippen LogP contribution in [0, 0.1) is 0 Å². The molecule has 0 amide bonds. The number of benzene rings is 2. The molecule has 2 aromatic rings. The van der Waals surface area contributed by atoms with Gasteiger partial charge in [0.05, 0.1) is 0 Å². The van der Waals surface area contributed by atoms with Crippen molar-refractivity contribution in [1.82, 2.24) is 0 Å². The van der Waals surface area contributed by atoms with E-state index in [9.17, 15) is 0 Å². The second-order valence-electron chi connectivity index (χ2n) is 4.95. The normalized spacial score (nSPS) is 16.6. The largest absolute Gasteiger partial charge is 0.0804 e. The summed E-state index contributed by atoms with van der Waals surface area (Å²) in [7, 11) is 0. The van der Waals surface area contributed by atoms with Crippen LogP contribution in [0.3, 0.4) is 0 Å². The Morgan fingerprint density at radius 1 is 0.778 bits per heavy atom. The van der Waals surface area contributed by atoms with Crippen LogP contribution in [0.4, 0.5) is 0 Å². The number of fused-ring (bicyclic) bond motifs is 3. The molecule has 0 saturated heterocycles. The maximum absolute atomic E-state index is 2.35. The van der Waals surface area contributed by atoms with Crippen molar-refractivity contribution in [2.24, 2.45) is 0 Å². The molecule has 2 aromatic carbocycles. The second kappa shape index (κ2) is 3.71. The molecule has 0 spiro atoms. The van der Waals surface area contributed by atoms with Crippen molar-refractivity contribution in [3.8, 4) is 11.1 Å². The summed E-state index contributed by atoms with van der Waals surface area (Å²) in [5.74, 6) is 0.441. The lowest BCUT2D eigenvalue weighted by atomic mass is 9.90. The first kappa shape index (κ1) is 9.90. The van der Waals surface area contributed by atoms with Gasteiger partial charge in [0.2, 0.25) is 0 Å². The van der Waals surface area contributed by atoms with E-state index in [-0.39, 0.29) is 0 Å². The maximum Gasteiger partial charge on any atom is 0.0349 e. The maximum atomic E-state index is 2.35. The number of rotatable bonds is 1. The molecule has 0 N–H and O–H groups in total. The molecule has 2 aliphatic carbocycles. The van der Waals surface area contributed by atoms with E-state index in [0.717, 1.165) is 6.42 Å². The minimum absolute atomic E-state index is 0.441. The molecule has 0 atom stereocenters. The van der Waals surface area contributed by atoms with Gasteiger partial charge in [0.1, 0.15) is 0 Å². The molecule has 0 aromatic heterocycles. The monoisotopic (exact) mass is 230 g/mol. The van der Waals surface area contributed by atoms with Crippen molar-refractivity contribution in [2.75, 3.05) is 0 Å². The van der Waals surface area contributed by atoms with Gasteiger partial charge in [-0.05, 0) is 34.2 Å². The van der Waals surface area contributed by atoms with Gasteiger partial charge < -0.3 is 0 Å². The van der Waals surface area contributed by atoms with Crippen molar-refractivity contribution in [3.05, 3.63) is 83.5 Å². The molecule has 0 bridgehead atoms. The van der Waals surface area contributed by atoms with Crippen molar-refractivity contribution < 1.29 is 0 Å². The first-order valence-corrected chi connectivity index (χ1v) is 6.50. The van der Waals surface area contributed by atoms with Crippen LogP contribution in [-0.4, -0.2) is 0 Å². The lowest BCUT2D eigenvalue weighted by Crippen LogP contribution is -1.97. The Kier molecular flexibility index (Phi) is 2.04. The predicted molar refractivity (Wildman–Crippen MR) is 75.6 cm³/mol. The van der Waals surface area contributed by atoms with Gasteiger partial charge in [0.25, 0.3) is 0 Å². The molecule has 4 rings (SSSR count). The minimum atomic E-state index is 0.441. The fourth-order valence-electron chi connectivity index (χ4n) is 3.21. The van der Waals surface area contributed by atoms with Gasteiger partial charge in [-0.1, -0.05) is 66.8 Å². The second-order valence-corrected chi connectivity index (χ2v) is 4.95. The quantitative estimate of drug-likeness (QED) is 0.667. The van der Waals surface area contributed by atoms with Crippen molar-refractivity contribution in [3.63, 3.8) is 0 Å². The van der Waals surface area contributed by atoms with Crippen LogP contribution in [0.25, 0.3) is 11.1 Å². The van der Waals surface area contributed by atoms with E-state index in [1.165, 1.54) is 27.8 Å². The highest BCUT2D eigenvalue weighted by Gasteiger charge is 2.29. The van der Waals surface area contributed by atoms with Gasteiger partial charge in [0, 0.05) is 5.92 Å². The highest BCUT2D eigenvalue weighted by molar-refractivity contribution is 5.81. The van der Waals surface area contributed by atoms with Crippen LogP contribution >= 0.6 is 0 Å². The van der Waals surface area contributed by atoms with E-state index in [0.29, 0.717) is 5.92 Å². The van der Waals surface area contributed by atoms with E-state index in [1.807, 2.05) is 0 Å². The third-order valence-corrected chi connectivity index (χ3v) is 3.97. The summed E-state index contributed by atoms with van der Waals surface area (Å²) in [6.07, 6.45) is 7.96. The zero-order valence-electron chi connectivity index (χ0n) is 10.1. The fraction of sp³-hybridized carbons (Fsp3) is 0.111. The molecule has 0 radical (unpaired) electrons. The number of hydrogen-bond donors (Lipinski definition) is 0. The third-order valence-electron chi connectivity index (χ3n) is 3.97. The van der Waals surface area contributed by atoms with E-state index in [4.69, 9.17) is 0 Å². The van der Waals surface area contributed by atoms with Gasteiger partial charge in [-0.25, -0.2) is 0 Å². The zero-order chi connectivity index (χ0) is 11.9. The van der Waals surface area contributed by atoms with Crippen molar-refractivity contribution in [1.29, 1.82) is 0 Å². The molecule has 0 aliphatic heterocycles. The van der Waals surface area contributed by atoms with Crippen LogP contribution in [0.15, 0.2) is 72.3 Å². The molecule has 0 saturated carbocycles. The molecule has 18 heavy (non-hydrogen) atoms. The van der Waals surface area contributed by atoms with Gasteiger partial charge in [-0.3, -0.25) is 0 Å². The van der Waals surface area contributed by atoms with Gasteiger partial charge in [0.15, 0.2) is 0 Å². The Bertz CT molecular complexity index is 628. The van der Waals surface area contributed by atoms with E-state index in [2.05, 4.69) is 66.8 Å². The first-order chi connectivity index (χ1) is 8.95. The van der Waals surface area contributed by atoms with Crippen LogP contribution < -0.4 is 0 Å². The summed E-state index contributed by atoms with van der Waals surface area (Å²) in [6, 6.07) is 17.6. The van der Waals surface area contributed by atoms with Crippen LogP contribution in [0.1, 0.15) is 23.5 Å². The molecular weight excluding hydrogens is 216 g/mol. The van der Waals surface area contributed by atoms with Crippen LogP contribution in [-0.2, 0) is 0 Å². The van der Waals surface area contributed by atoms with Gasteiger partial charge in [-0.2, -0.15) is 0 Å². The predicted octanol–water partition coefficient (Wildman–Crippen LogP) is 4.69. The SMILES string of the molecule is C1=CC(C2c3ccccc3-c3ccccc32)=CC1. The van der Waals surface area contributed by atoms with Crippen LogP contribution in [0.5, 0.6) is 0 Å². The zero-order valence-corrected chi connectivity index (χ0v) is 10.1. The van der Waals surface area contributed by atoms with Crippen molar-refractivity contribution in [2.45, 2.75) is 12.3 Å². The summed E-state index contributed by atoms with van der Waals surface area (Å²) in [5, 5.41) is 0. The Labute approximate surface area is 107 Å². The lowest BCUT2D eigenvalue weighted by molar-refractivity contribution is 1.02. The summed E-state index contributed by atoms with van der Waals surface area (Å²) in [5.41, 5.74) is 7.17. The molecule has 0 fully saturated rings. The first-order valence-electron chi connectivity index (χ1n) is 6.50. The number of allylic oxidation sites excluding steroid dienone is 4. The minimum Gasteiger partial charge on any atom is -0.0804 e. The molecular formula is C18H14. The fourth-order valence-corrected chi connectivity index (χ4v) is 3.21. The summed E-state index contributed by atoms with van der Waals surface area (Å²) >= 11 is 0. The Balaban J connectivity index is 2.01. The summed E-state index contributed by atoms with van der Waals surface area (Å²) in [4.78, 5) is 0. The Hall–Kier alpha value is -2.08. The average Bonchev–Trinajstić information content (AvgIpc) is 3.03. The molecule has 0 nitrogen and oxygen atoms in total.